The Morgan fingerprint density at radius 2 is 1.27 bits per heavy atom. The van der Waals surface area contributed by atoms with E-state index in [1.165, 1.54) is 5.56 Å². The van der Waals surface area contributed by atoms with Crippen molar-refractivity contribution in [2.24, 2.45) is 0 Å². The number of aryl methyl sites for hydroxylation is 2. The van der Waals surface area contributed by atoms with Crippen molar-refractivity contribution in [1.29, 1.82) is 0 Å². The van der Waals surface area contributed by atoms with E-state index in [0.717, 1.165) is 57.7 Å². The van der Waals surface area contributed by atoms with Crippen molar-refractivity contribution in [3.63, 3.8) is 0 Å². The van der Waals surface area contributed by atoms with Gasteiger partial charge in [0.05, 0.1) is 25.9 Å². The van der Waals surface area contributed by atoms with Crippen molar-refractivity contribution < 1.29 is 28.4 Å². The van der Waals surface area contributed by atoms with Crippen LogP contribution >= 0.6 is 15.9 Å². The quantitative estimate of drug-likeness (QED) is 0.117. The number of hydrogen-bond donors (Lipinski definition) is 0. The largest absolute Gasteiger partial charge is 0.497 e. The highest BCUT2D eigenvalue weighted by atomic mass is 79.9. The molecule has 7 heteroatoms. The van der Waals surface area contributed by atoms with Crippen LogP contribution in [0, 0.1) is 0 Å². The van der Waals surface area contributed by atoms with Crippen LogP contribution in [0.15, 0.2) is 115 Å². The number of benzene rings is 5. The summed E-state index contributed by atoms with van der Waals surface area (Å²) < 4.78 is 35.8. The van der Waals surface area contributed by atoms with Gasteiger partial charge < -0.3 is 28.4 Å². The smallest absolute Gasteiger partial charge is 0.187 e. The zero-order chi connectivity index (χ0) is 30.8. The van der Waals surface area contributed by atoms with Gasteiger partial charge >= 0.3 is 0 Å². The van der Waals surface area contributed by atoms with Gasteiger partial charge in [0, 0.05) is 5.33 Å². The Kier molecular flexibility index (Phi) is 10.3. The zero-order valence-corrected chi connectivity index (χ0v) is 26.7. The van der Waals surface area contributed by atoms with Gasteiger partial charge in [0.15, 0.2) is 17.8 Å². The van der Waals surface area contributed by atoms with Crippen molar-refractivity contribution in [3.8, 4) is 34.5 Å². The third kappa shape index (κ3) is 8.25. The summed E-state index contributed by atoms with van der Waals surface area (Å²) in [5.41, 5.74) is 5.40. The molecule has 0 bridgehead atoms. The van der Waals surface area contributed by atoms with Crippen molar-refractivity contribution >= 4 is 15.9 Å². The van der Waals surface area contributed by atoms with Gasteiger partial charge in [-0.05, 0) is 89.7 Å². The molecule has 0 spiro atoms. The van der Waals surface area contributed by atoms with Crippen molar-refractivity contribution in [3.05, 3.63) is 143 Å². The molecule has 0 amide bonds. The van der Waals surface area contributed by atoms with Crippen molar-refractivity contribution in [1.82, 2.24) is 0 Å². The van der Waals surface area contributed by atoms with E-state index in [2.05, 4.69) is 64.5 Å². The maximum absolute atomic E-state index is 6.36. The second-order valence-electron chi connectivity index (χ2n) is 10.7. The molecule has 1 aliphatic heterocycles. The fraction of sp³-hybridized carbons (Fsp3) is 0.211. The normalized spacial score (nSPS) is 13.0. The van der Waals surface area contributed by atoms with Crippen LogP contribution in [0.4, 0.5) is 0 Å². The summed E-state index contributed by atoms with van der Waals surface area (Å²) in [6.07, 6.45) is 1.17. The monoisotopic (exact) mass is 666 g/mol. The topological polar surface area (TPSA) is 55.4 Å². The highest BCUT2D eigenvalue weighted by molar-refractivity contribution is 9.08. The van der Waals surface area contributed by atoms with Crippen molar-refractivity contribution in [2.45, 2.75) is 31.1 Å². The van der Waals surface area contributed by atoms with Crippen LogP contribution in [0.1, 0.15) is 34.1 Å². The Balaban J connectivity index is 1.17. The van der Waals surface area contributed by atoms with E-state index in [1.807, 2.05) is 66.7 Å². The average molecular weight is 668 g/mol. The Bertz CT molecular complexity index is 1680. The molecule has 5 aromatic rings. The first-order valence-corrected chi connectivity index (χ1v) is 16.1. The standard InChI is InChI=1S/C38H35BrO6/c1-40-32-17-19-35(34(24-32)38-41-20-21-42-38)45-33-9-5-8-27(22-33)10-11-28-14-18-36(43-26-30-6-3-2-4-7-30)37(23-28)44-31-15-12-29(25-39)13-16-31/h2-9,12-19,22-24,38H,10-11,20-21,25-26H2,1H3. The Morgan fingerprint density at radius 3 is 2.02 bits per heavy atom. The molecule has 1 heterocycles. The summed E-state index contributed by atoms with van der Waals surface area (Å²) in [5, 5.41) is 0.797. The van der Waals surface area contributed by atoms with Crippen LogP contribution in [0.5, 0.6) is 34.5 Å². The van der Waals surface area contributed by atoms with Crippen LogP contribution in [0.25, 0.3) is 0 Å². The molecule has 6 nitrogen and oxygen atoms in total. The van der Waals surface area contributed by atoms with Crippen LogP contribution in [0.3, 0.4) is 0 Å². The highest BCUT2D eigenvalue weighted by Crippen LogP contribution is 2.37. The molecule has 1 aliphatic rings. The minimum atomic E-state index is -0.475. The van der Waals surface area contributed by atoms with E-state index in [1.54, 1.807) is 7.11 Å². The molecule has 0 aromatic heterocycles. The molecule has 1 saturated heterocycles. The van der Waals surface area contributed by atoms with Gasteiger partial charge in [-0.15, -0.1) is 0 Å². The summed E-state index contributed by atoms with van der Waals surface area (Å²) in [6, 6.07) is 38.2. The number of methoxy groups -OCH3 is 1. The van der Waals surface area contributed by atoms with E-state index in [0.29, 0.717) is 37.1 Å². The molecule has 0 N–H and O–H groups in total. The summed E-state index contributed by atoms with van der Waals surface area (Å²) in [6.45, 7) is 1.56. The Morgan fingerprint density at radius 1 is 0.600 bits per heavy atom. The maximum Gasteiger partial charge on any atom is 0.187 e. The average Bonchev–Trinajstić information content (AvgIpc) is 3.63. The van der Waals surface area contributed by atoms with Gasteiger partial charge in [0.25, 0.3) is 0 Å². The van der Waals surface area contributed by atoms with Crippen LogP contribution in [-0.4, -0.2) is 20.3 Å². The fourth-order valence-electron chi connectivity index (χ4n) is 5.06. The molecule has 0 atom stereocenters. The third-order valence-electron chi connectivity index (χ3n) is 7.47. The molecule has 45 heavy (non-hydrogen) atoms. The Hall–Kier alpha value is -4.30. The molecule has 0 unspecified atom stereocenters. The first-order chi connectivity index (χ1) is 22.2. The van der Waals surface area contributed by atoms with E-state index in [4.69, 9.17) is 28.4 Å². The number of halogens is 1. The van der Waals surface area contributed by atoms with Gasteiger partial charge in [0.1, 0.15) is 29.6 Å². The summed E-state index contributed by atoms with van der Waals surface area (Å²) in [7, 11) is 1.64. The predicted molar refractivity (Wildman–Crippen MR) is 178 cm³/mol. The molecule has 0 saturated carbocycles. The van der Waals surface area contributed by atoms with Crippen LogP contribution in [-0.2, 0) is 34.3 Å². The van der Waals surface area contributed by atoms with Gasteiger partial charge in [-0.3, -0.25) is 0 Å². The van der Waals surface area contributed by atoms with Gasteiger partial charge in [-0.25, -0.2) is 0 Å². The maximum atomic E-state index is 6.36. The molecular weight excluding hydrogens is 632 g/mol. The fourth-order valence-corrected chi connectivity index (χ4v) is 5.44. The second-order valence-corrected chi connectivity index (χ2v) is 11.2. The van der Waals surface area contributed by atoms with Crippen molar-refractivity contribution in [2.75, 3.05) is 20.3 Å². The summed E-state index contributed by atoms with van der Waals surface area (Å²) >= 11 is 3.51. The molecule has 6 rings (SSSR count). The number of hydrogen-bond acceptors (Lipinski definition) is 6. The summed E-state index contributed by atoms with van der Waals surface area (Å²) in [4.78, 5) is 0. The van der Waals surface area contributed by atoms with Crippen LogP contribution in [0.2, 0.25) is 0 Å². The Labute approximate surface area is 272 Å². The predicted octanol–water partition coefficient (Wildman–Crippen LogP) is 9.58. The third-order valence-corrected chi connectivity index (χ3v) is 8.12. The van der Waals surface area contributed by atoms with E-state index >= 15 is 0 Å². The van der Waals surface area contributed by atoms with E-state index in [-0.39, 0.29) is 0 Å². The first kappa shape index (κ1) is 30.7. The number of rotatable bonds is 13. The lowest BCUT2D eigenvalue weighted by Crippen LogP contribution is -2.02. The van der Waals surface area contributed by atoms with Crippen LogP contribution < -0.4 is 18.9 Å². The molecular formula is C38H35BrO6. The highest BCUT2D eigenvalue weighted by Gasteiger charge is 2.23. The zero-order valence-electron chi connectivity index (χ0n) is 25.1. The SMILES string of the molecule is COc1ccc(Oc2cccc(CCc3ccc(OCc4ccccc4)c(Oc4ccc(CBr)cc4)c3)c2)c(C2OCCO2)c1. The first-order valence-electron chi connectivity index (χ1n) is 15.0. The minimum Gasteiger partial charge on any atom is -0.497 e. The second kappa shape index (κ2) is 15.1. The van der Waals surface area contributed by atoms with Gasteiger partial charge in [-0.2, -0.15) is 0 Å². The molecule has 5 aromatic carbocycles. The van der Waals surface area contributed by atoms with E-state index in [9.17, 15) is 0 Å². The molecule has 1 fully saturated rings. The lowest BCUT2D eigenvalue weighted by molar-refractivity contribution is -0.0453. The lowest BCUT2D eigenvalue weighted by atomic mass is 10.0. The molecule has 0 aliphatic carbocycles. The van der Waals surface area contributed by atoms with E-state index < -0.39 is 6.29 Å². The van der Waals surface area contributed by atoms with Gasteiger partial charge in [0.2, 0.25) is 0 Å². The molecule has 0 radical (unpaired) electrons. The summed E-state index contributed by atoms with van der Waals surface area (Å²) in [5.74, 6) is 4.30. The van der Waals surface area contributed by atoms with Gasteiger partial charge in [-0.1, -0.05) is 76.6 Å². The lowest BCUT2D eigenvalue weighted by Gasteiger charge is -2.17. The molecule has 230 valence electrons. The number of ether oxygens (including phenoxy) is 6. The minimum absolute atomic E-state index is 0.459. The number of alkyl halides is 1.